The average molecular weight is 500 g/mol. The zero-order chi connectivity index (χ0) is 19.6. The Kier molecular flexibility index (Phi) is 9.67. The molecule has 0 saturated heterocycles. The molecule has 0 spiro atoms. The fourth-order valence-corrected chi connectivity index (χ4v) is 11.7. The van der Waals surface area contributed by atoms with Crippen LogP contribution in [0.5, 0.6) is 0 Å². The van der Waals surface area contributed by atoms with Crippen LogP contribution in [0.2, 0.25) is 11.1 Å². The van der Waals surface area contributed by atoms with Crippen LogP contribution in [0.4, 0.5) is 0 Å². The molecule has 0 nitrogen and oxygen atoms in total. The van der Waals surface area contributed by atoms with E-state index in [2.05, 4.69) is 119 Å². The summed E-state index contributed by atoms with van der Waals surface area (Å²) in [6.45, 7) is 8.78. The van der Waals surface area contributed by atoms with Crippen molar-refractivity contribution >= 4 is 49.7 Å². The van der Waals surface area contributed by atoms with E-state index < -0.39 is 27.9 Å². The molecule has 0 bridgehead atoms. The van der Waals surface area contributed by atoms with E-state index in [1.54, 1.807) is 0 Å². The molecule has 3 heteroatoms. The molecule has 3 aromatic rings. The molecule has 0 N–H and O–H groups in total. The minimum atomic E-state index is -1.98. The second-order valence-electron chi connectivity index (χ2n) is 7.17. The molecule has 2 radical (unpaired) electrons. The summed E-state index contributed by atoms with van der Waals surface area (Å²) >= 11 is 4.07. The summed E-state index contributed by atoms with van der Waals surface area (Å²) in [5, 5.41) is 0. The van der Waals surface area contributed by atoms with Crippen molar-refractivity contribution < 1.29 is 0 Å². The molecule has 0 aliphatic carbocycles. The SMILES string of the molecule is CC(C)[Si](Cl)C(C)C.c1cc[c]([Sn]([c]2ccccc2)[c]2ccccc2)cc1. The van der Waals surface area contributed by atoms with Gasteiger partial charge in [-0.1, -0.05) is 27.7 Å². The van der Waals surface area contributed by atoms with E-state index in [4.69, 9.17) is 11.1 Å². The maximum atomic E-state index is 6.05. The molecule has 3 aromatic carbocycles. The Hall–Kier alpha value is -1.03. The van der Waals surface area contributed by atoms with Crippen molar-refractivity contribution in [3.05, 3.63) is 91.0 Å². The van der Waals surface area contributed by atoms with Crippen LogP contribution in [0.25, 0.3) is 0 Å². The quantitative estimate of drug-likeness (QED) is 0.333. The number of hydrogen-bond donors (Lipinski definition) is 0. The van der Waals surface area contributed by atoms with Crippen LogP contribution in [0, 0.1) is 0 Å². The number of benzene rings is 3. The molecule has 3 rings (SSSR count). The third-order valence-electron chi connectivity index (χ3n) is 4.29. The monoisotopic (exact) mass is 500 g/mol. The van der Waals surface area contributed by atoms with Gasteiger partial charge in [-0.05, 0) is 11.1 Å². The normalized spacial score (nSPS) is 11.0. The molecule has 0 amide bonds. The standard InChI is InChI=1S/C6H14ClSi.3C6H5.Sn/c1-5(2)8(7)6(3)4;3*1-2-4-6-5-3-1;/h5-6H,1-4H3;3*1-5H;. The van der Waals surface area contributed by atoms with E-state index >= 15 is 0 Å². The van der Waals surface area contributed by atoms with Gasteiger partial charge in [-0.3, -0.25) is 0 Å². The number of rotatable bonds is 5. The fraction of sp³-hybridized carbons (Fsp3) is 0.250. The summed E-state index contributed by atoms with van der Waals surface area (Å²) in [5.41, 5.74) is 1.42. The van der Waals surface area contributed by atoms with Crippen molar-refractivity contribution in [2.75, 3.05) is 0 Å². The zero-order valence-electron chi connectivity index (χ0n) is 16.7. The number of hydrogen-bond acceptors (Lipinski definition) is 0. The number of halogens is 1. The molecule has 140 valence electrons. The van der Waals surface area contributed by atoms with E-state index in [0.29, 0.717) is 11.1 Å². The summed E-state index contributed by atoms with van der Waals surface area (Å²) in [4.78, 5) is 0. The molecule has 0 heterocycles. The van der Waals surface area contributed by atoms with Crippen molar-refractivity contribution in [1.29, 1.82) is 0 Å². The zero-order valence-corrected chi connectivity index (χ0v) is 21.3. The second-order valence-corrected chi connectivity index (χ2v) is 18.6. The first-order valence-corrected chi connectivity index (χ1v) is 16.5. The van der Waals surface area contributed by atoms with E-state index in [-0.39, 0.29) is 0 Å². The van der Waals surface area contributed by atoms with Gasteiger partial charge in [-0.25, -0.2) is 0 Å². The summed E-state index contributed by atoms with van der Waals surface area (Å²) in [5.74, 6) is 0. The minimum absolute atomic E-state index is 0.551. The Morgan fingerprint density at radius 1 is 0.556 bits per heavy atom. The first kappa shape index (κ1) is 22.3. The van der Waals surface area contributed by atoms with Crippen LogP contribution >= 0.6 is 11.1 Å². The Labute approximate surface area is 178 Å². The first-order chi connectivity index (χ1) is 13.0. The van der Waals surface area contributed by atoms with Crippen molar-refractivity contribution in [2.24, 2.45) is 0 Å². The molecule has 0 unspecified atom stereocenters. The Bertz CT molecular complexity index is 658. The van der Waals surface area contributed by atoms with Gasteiger partial charge in [0.05, 0.1) is 0 Å². The van der Waals surface area contributed by atoms with Crippen LogP contribution in [0.1, 0.15) is 27.7 Å². The van der Waals surface area contributed by atoms with E-state index in [1.807, 2.05) is 0 Å². The molecule has 27 heavy (non-hydrogen) atoms. The van der Waals surface area contributed by atoms with Gasteiger partial charge in [0.2, 0.25) is 0 Å². The van der Waals surface area contributed by atoms with Crippen molar-refractivity contribution in [2.45, 2.75) is 38.8 Å². The predicted octanol–water partition coefficient (Wildman–Crippen LogP) is 5.24. The molecule has 0 aliphatic rings. The van der Waals surface area contributed by atoms with Crippen molar-refractivity contribution in [1.82, 2.24) is 0 Å². The van der Waals surface area contributed by atoms with Gasteiger partial charge in [0.1, 0.15) is 0 Å². The molecule has 0 saturated carbocycles. The first-order valence-electron chi connectivity index (χ1n) is 9.56. The van der Waals surface area contributed by atoms with Crippen LogP contribution in [0.3, 0.4) is 0 Å². The van der Waals surface area contributed by atoms with Gasteiger partial charge in [0, 0.05) is 0 Å². The van der Waals surface area contributed by atoms with Gasteiger partial charge in [0.15, 0.2) is 8.11 Å². The maximum absolute atomic E-state index is 6.05. The molecular weight excluding hydrogens is 471 g/mol. The summed E-state index contributed by atoms with van der Waals surface area (Å²) in [6, 6.07) is 32.9. The molecular formula is C24H29ClSiSn. The summed E-state index contributed by atoms with van der Waals surface area (Å²) in [7, 11) is -0.551. The fourth-order valence-electron chi connectivity index (χ4n) is 2.98. The van der Waals surface area contributed by atoms with Gasteiger partial charge in [-0.15, -0.1) is 0 Å². The Morgan fingerprint density at radius 2 is 0.815 bits per heavy atom. The Morgan fingerprint density at radius 3 is 1.00 bits per heavy atom. The van der Waals surface area contributed by atoms with Crippen LogP contribution in [-0.2, 0) is 0 Å². The summed E-state index contributed by atoms with van der Waals surface area (Å²) < 4.78 is 4.59. The van der Waals surface area contributed by atoms with E-state index in [0.717, 1.165) is 0 Å². The van der Waals surface area contributed by atoms with Crippen molar-refractivity contribution in [3.63, 3.8) is 0 Å². The van der Waals surface area contributed by atoms with Crippen LogP contribution in [0.15, 0.2) is 91.0 Å². The average Bonchev–Trinajstić information content (AvgIpc) is 2.70. The van der Waals surface area contributed by atoms with Gasteiger partial charge in [-0.2, -0.15) is 11.1 Å². The van der Waals surface area contributed by atoms with E-state index in [1.165, 1.54) is 10.7 Å². The van der Waals surface area contributed by atoms with Gasteiger partial charge in [0.25, 0.3) is 0 Å². The van der Waals surface area contributed by atoms with Crippen LogP contribution < -0.4 is 10.7 Å². The Balaban J connectivity index is 0.000000279. The third-order valence-corrected chi connectivity index (χ3v) is 16.9. The predicted molar refractivity (Wildman–Crippen MR) is 126 cm³/mol. The molecule has 0 aromatic heterocycles. The van der Waals surface area contributed by atoms with E-state index in [9.17, 15) is 0 Å². The van der Waals surface area contributed by atoms with Gasteiger partial charge >= 0.3 is 121 Å². The molecule has 0 fully saturated rings. The topological polar surface area (TPSA) is 0 Å². The van der Waals surface area contributed by atoms with Crippen LogP contribution in [-0.4, -0.2) is 27.9 Å². The third kappa shape index (κ3) is 7.13. The molecule has 0 aliphatic heterocycles. The summed E-state index contributed by atoms with van der Waals surface area (Å²) in [6.07, 6.45) is 0. The van der Waals surface area contributed by atoms with Crippen molar-refractivity contribution in [3.8, 4) is 0 Å². The molecule has 0 atom stereocenters. The second kappa shape index (κ2) is 11.7. The van der Waals surface area contributed by atoms with Gasteiger partial charge < -0.3 is 0 Å².